The lowest BCUT2D eigenvalue weighted by Crippen LogP contribution is -2.37. The first-order valence-electron chi connectivity index (χ1n) is 13.6. The lowest BCUT2D eigenvalue weighted by molar-refractivity contribution is -0.118. The Hall–Kier alpha value is -0.610. The predicted octanol–water partition coefficient (Wildman–Crippen LogP) is 6.30. The molecular weight excluding hydrogens is 382 g/mol. The zero-order chi connectivity index (χ0) is 23.1. The molecule has 0 saturated heterocycles. The van der Waals surface area contributed by atoms with Gasteiger partial charge in [-0.3, -0.25) is 4.79 Å². The van der Waals surface area contributed by atoms with Gasteiger partial charge in [-0.2, -0.15) is 0 Å². The van der Waals surface area contributed by atoms with Gasteiger partial charge in [0, 0.05) is 18.5 Å². The van der Waals surface area contributed by atoms with Crippen molar-refractivity contribution in [2.24, 2.45) is 40.9 Å². The molecule has 4 heteroatoms. The third-order valence-electron chi connectivity index (χ3n) is 7.88. The summed E-state index contributed by atoms with van der Waals surface area (Å²) in [5.41, 5.74) is 17.2. The van der Waals surface area contributed by atoms with Crippen LogP contribution in [0.15, 0.2) is 0 Å². The van der Waals surface area contributed by atoms with Crippen molar-refractivity contribution < 1.29 is 4.79 Å². The van der Waals surface area contributed by atoms with E-state index in [1.54, 1.807) is 0 Å². The first kappa shape index (κ1) is 28.4. The van der Waals surface area contributed by atoms with Crippen LogP contribution in [0, 0.1) is 23.7 Å². The molecule has 6 N–H and O–H groups in total. The number of primary amides is 1. The summed E-state index contributed by atoms with van der Waals surface area (Å²) in [6, 6.07) is 0.926. The maximum Gasteiger partial charge on any atom is 0.217 e. The molecule has 0 aromatic carbocycles. The van der Waals surface area contributed by atoms with Crippen molar-refractivity contribution in [2.45, 2.75) is 142 Å². The summed E-state index contributed by atoms with van der Waals surface area (Å²) in [4.78, 5) is 10.4. The monoisotopic (exact) mass is 437 g/mol. The summed E-state index contributed by atoms with van der Waals surface area (Å²) in [5, 5.41) is 0. The van der Waals surface area contributed by atoms with Gasteiger partial charge < -0.3 is 17.2 Å². The SMILES string of the molecule is CC1CC(CC2CCC(N)C(C)C2)CCC1N.CCCCCCCCCCCC(N)=O. The van der Waals surface area contributed by atoms with Gasteiger partial charge in [0.2, 0.25) is 5.91 Å². The molecule has 1 amide bonds. The normalized spacial score (nSPS) is 31.0. The Morgan fingerprint density at radius 3 is 1.52 bits per heavy atom. The molecule has 0 aliphatic heterocycles. The van der Waals surface area contributed by atoms with Gasteiger partial charge in [0.15, 0.2) is 0 Å². The summed E-state index contributed by atoms with van der Waals surface area (Å²) in [7, 11) is 0. The number of hydrogen-bond donors (Lipinski definition) is 3. The molecule has 184 valence electrons. The summed E-state index contributed by atoms with van der Waals surface area (Å²) in [6.45, 7) is 6.90. The Morgan fingerprint density at radius 1 is 0.710 bits per heavy atom. The topological polar surface area (TPSA) is 95.1 Å². The van der Waals surface area contributed by atoms with Gasteiger partial charge in [-0.05, 0) is 75.0 Å². The van der Waals surface area contributed by atoms with Crippen LogP contribution in [0.5, 0.6) is 0 Å². The number of unbranched alkanes of at least 4 members (excludes halogenated alkanes) is 8. The van der Waals surface area contributed by atoms with Crippen LogP contribution in [0.2, 0.25) is 0 Å². The third kappa shape index (κ3) is 13.5. The van der Waals surface area contributed by atoms with Crippen molar-refractivity contribution in [2.75, 3.05) is 0 Å². The van der Waals surface area contributed by atoms with Crippen LogP contribution in [0.25, 0.3) is 0 Å². The molecule has 0 heterocycles. The first-order chi connectivity index (χ1) is 14.8. The minimum absolute atomic E-state index is 0.159. The van der Waals surface area contributed by atoms with Crippen LogP contribution in [0.4, 0.5) is 0 Å². The predicted molar refractivity (Wildman–Crippen MR) is 135 cm³/mol. The summed E-state index contributed by atoms with van der Waals surface area (Å²) in [5.74, 6) is 3.19. The Labute approximate surface area is 193 Å². The molecule has 31 heavy (non-hydrogen) atoms. The van der Waals surface area contributed by atoms with Crippen LogP contribution in [-0.2, 0) is 4.79 Å². The highest BCUT2D eigenvalue weighted by Gasteiger charge is 2.30. The molecule has 2 rings (SSSR count). The average molecular weight is 438 g/mol. The van der Waals surface area contributed by atoms with E-state index in [-0.39, 0.29) is 5.91 Å². The molecule has 2 aliphatic rings. The van der Waals surface area contributed by atoms with E-state index in [4.69, 9.17) is 17.2 Å². The van der Waals surface area contributed by atoms with E-state index in [2.05, 4.69) is 20.8 Å². The van der Waals surface area contributed by atoms with Crippen LogP contribution >= 0.6 is 0 Å². The zero-order valence-corrected chi connectivity index (χ0v) is 21.1. The number of nitrogens with two attached hydrogens (primary N) is 3. The largest absolute Gasteiger partial charge is 0.370 e. The molecular formula is C27H55N3O. The average Bonchev–Trinajstić information content (AvgIpc) is 2.72. The van der Waals surface area contributed by atoms with Crippen molar-refractivity contribution in [1.82, 2.24) is 0 Å². The summed E-state index contributed by atoms with van der Waals surface area (Å²) < 4.78 is 0. The van der Waals surface area contributed by atoms with E-state index >= 15 is 0 Å². The smallest absolute Gasteiger partial charge is 0.217 e. The lowest BCUT2D eigenvalue weighted by atomic mass is 9.71. The molecule has 2 aliphatic carbocycles. The van der Waals surface area contributed by atoms with E-state index in [0.717, 1.165) is 36.5 Å². The molecule has 0 aromatic rings. The molecule has 0 spiro atoms. The highest BCUT2D eigenvalue weighted by molar-refractivity contribution is 5.73. The van der Waals surface area contributed by atoms with E-state index in [9.17, 15) is 4.79 Å². The minimum Gasteiger partial charge on any atom is -0.370 e. The van der Waals surface area contributed by atoms with Crippen molar-refractivity contribution in [1.29, 1.82) is 0 Å². The molecule has 6 atom stereocenters. The molecule has 0 radical (unpaired) electrons. The van der Waals surface area contributed by atoms with E-state index in [1.165, 1.54) is 89.9 Å². The minimum atomic E-state index is -0.159. The standard InChI is InChI=1S/C15H30N2.C12H25NO/c1-10-7-12(3-5-14(10)16)9-13-4-6-15(17)11(2)8-13;1-2-3-4-5-6-7-8-9-10-11-12(13)14/h10-15H,3-9,16-17H2,1-2H3;2-11H2,1H3,(H2,13,14). The van der Waals surface area contributed by atoms with Crippen molar-refractivity contribution >= 4 is 5.91 Å². The van der Waals surface area contributed by atoms with Crippen molar-refractivity contribution in [3.05, 3.63) is 0 Å². The summed E-state index contributed by atoms with van der Waals surface area (Å²) in [6.07, 6.45) is 21.5. The Balaban J connectivity index is 0.000000318. The van der Waals surface area contributed by atoms with Gasteiger partial charge in [-0.15, -0.1) is 0 Å². The second-order valence-corrected chi connectivity index (χ2v) is 10.9. The van der Waals surface area contributed by atoms with Crippen LogP contribution < -0.4 is 17.2 Å². The fourth-order valence-electron chi connectivity index (χ4n) is 5.57. The van der Waals surface area contributed by atoms with Crippen molar-refractivity contribution in [3.8, 4) is 0 Å². The Bertz CT molecular complexity index is 432. The molecule has 4 nitrogen and oxygen atoms in total. The third-order valence-corrected chi connectivity index (χ3v) is 7.88. The van der Waals surface area contributed by atoms with Gasteiger partial charge >= 0.3 is 0 Å². The molecule has 0 bridgehead atoms. The van der Waals surface area contributed by atoms with Gasteiger partial charge in [-0.1, -0.05) is 72.1 Å². The number of carbonyl (C=O) groups excluding carboxylic acids is 1. The maximum atomic E-state index is 10.4. The number of carbonyl (C=O) groups is 1. The second kappa shape index (κ2) is 16.9. The van der Waals surface area contributed by atoms with Gasteiger partial charge in [0.1, 0.15) is 0 Å². The van der Waals surface area contributed by atoms with Gasteiger partial charge in [-0.25, -0.2) is 0 Å². The second-order valence-electron chi connectivity index (χ2n) is 10.9. The maximum absolute atomic E-state index is 10.4. The molecule has 2 fully saturated rings. The van der Waals surface area contributed by atoms with Gasteiger partial charge in [0.25, 0.3) is 0 Å². The Morgan fingerprint density at radius 2 is 1.13 bits per heavy atom. The van der Waals surface area contributed by atoms with Crippen LogP contribution in [0.3, 0.4) is 0 Å². The van der Waals surface area contributed by atoms with Crippen LogP contribution in [-0.4, -0.2) is 18.0 Å². The zero-order valence-electron chi connectivity index (χ0n) is 21.1. The first-order valence-corrected chi connectivity index (χ1v) is 13.6. The molecule has 0 aromatic heterocycles. The Kier molecular flexibility index (Phi) is 15.5. The lowest BCUT2D eigenvalue weighted by Gasteiger charge is -2.37. The van der Waals surface area contributed by atoms with E-state index < -0.39 is 0 Å². The molecule has 2 saturated carbocycles. The number of amides is 1. The summed E-state index contributed by atoms with van der Waals surface area (Å²) >= 11 is 0. The highest BCUT2D eigenvalue weighted by atomic mass is 16.1. The van der Waals surface area contributed by atoms with E-state index in [1.807, 2.05) is 0 Å². The highest BCUT2D eigenvalue weighted by Crippen LogP contribution is 2.38. The quantitative estimate of drug-likeness (QED) is 0.313. The number of hydrogen-bond acceptors (Lipinski definition) is 3. The number of rotatable bonds is 12. The van der Waals surface area contributed by atoms with Gasteiger partial charge in [0.05, 0.1) is 0 Å². The fourth-order valence-corrected chi connectivity index (χ4v) is 5.57. The molecule has 6 unspecified atom stereocenters. The fraction of sp³-hybridized carbons (Fsp3) is 0.963. The van der Waals surface area contributed by atoms with Crippen molar-refractivity contribution in [3.63, 3.8) is 0 Å². The van der Waals surface area contributed by atoms with E-state index in [0.29, 0.717) is 18.5 Å². The van der Waals surface area contributed by atoms with Crippen LogP contribution in [0.1, 0.15) is 130 Å².